The number of hydrogen-bond donors (Lipinski definition) is 2. The lowest BCUT2D eigenvalue weighted by Gasteiger charge is -2.34. The first kappa shape index (κ1) is 23.3. The molecule has 0 aliphatic carbocycles. The Labute approximate surface area is 209 Å². The molecule has 0 spiro atoms. The lowest BCUT2D eigenvalue weighted by atomic mass is 10.0. The maximum Gasteiger partial charge on any atom is 0.263 e. The zero-order valence-electron chi connectivity index (χ0n) is 19.2. The number of piperidine rings is 1. The van der Waals surface area contributed by atoms with Crippen LogP contribution in [0, 0.1) is 0 Å². The van der Waals surface area contributed by atoms with Gasteiger partial charge in [-0.2, -0.15) is 4.37 Å². The molecular formula is C24H28N6O3S2. The van der Waals surface area contributed by atoms with E-state index in [1.165, 1.54) is 6.33 Å². The zero-order chi connectivity index (χ0) is 24.4. The van der Waals surface area contributed by atoms with Crippen LogP contribution in [0.2, 0.25) is 0 Å². The Balaban J connectivity index is 0.00000304. The molecule has 1 aliphatic heterocycles. The van der Waals surface area contributed by atoms with E-state index >= 15 is 0 Å². The minimum absolute atomic E-state index is 0. The van der Waals surface area contributed by atoms with Crippen LogP contribution < -0.4 is 14.9 Å². The van der Waals surface area contributed by atoms with E-state index in [4.69, 9.17) is 0 Å². The highest BCUT2D eigenvalue weighted by molar-refractivity contribution is 7.93. The number of anilines is 2. The summed E-state index contributed by atoms with van der Waals surface area (Å²) in [5.74, 6) is 0.0160. The average Bonchev–Trinajstić information content (AvgIpc) is 3.54. The quantitative estimate of drug-likeness (QED) is 0.389. The predicted octanol–water partition coefficient (Wildman–Crippen LogP) is 3.89. The molecule has 4 aromatic rings. The number of rotatable bonds is 7. The molecule has 3 heterocycles. The number of aromatic nitrogens is 3. The summed E-state index contributed by atoms with van der Waals surface area (Å²) in [5.41, 5.74) is 2.01. The molecule has 35 heavy (non-hydrogen) atoms. The summed E-state index contributed by atoms with van der Waals surface area (Å²) in [6.45, 7) is 3.48. The van der Waals surface area contributed by atoms with Crippen molar-refractivity contribution in [3.63, 3.8) is 0 Å². The summed E-state index contributed by atoms with van der Waals surface area (Å²) in [5, 5.41) is 4.56. The number of para-hydroxylation sites is 1. The molecular weight excluding hydrogens is 484 g/mol. The van der Waals surface area contributed by atoms with E-state index in [0.717, 1.165) is 54.1 Å². The number of sulfonamides is 1. The molecule has 0 bridgehead atoms. The Morgan fingerprint density at radius 3 is 2.57 bits per heavy atom. The van der Waals surface area contributed by atoms with Crippen molar-refractivity contribution in [2.24, 2.45) is 0 Å². The van der Waals surface area contributed by atoms with Gasteiger partial charge in [-0.05, 0) is 61.5 Å². The summed E-state index contributed by atoms with van der Waals surface area (Å²) in [6.07, 6.45) is 4.92. The molecule has 2 aromatic heterocycles. The summed E-state index contributed by atoms with van der Waals surface area (Å²) < 4.78 is 33.3. The number of carbonyl (C=O) groups is 1. The van der Waals surface area contributed by atoms with Crippen LogP contribution in [0.1, 0.15) is 27.2 Å². The zero-order valence-corrected chi connectivity index (χ0v) is 20.8. The fourth-order valence-electron chi connectivity index (χ4n) is 4.40. The summed E-state index contributed by atoms with van der Waals surface area (Å²) >= 11 is 0.985. The number of nitrogens with zero attached hydrogens (tertiary/aromatic N) is 4. The van der Waals surface area contributed by atoms with E-state index in [0.29, 0.717) is 0 Å². The molecule has 184 valence electrons. The van der Waals surface area contributed by atoms with Crippen molar-refractivity contribution in [2.45, 2.75) is 36.7 Å². The first-order chi connectivity index (χ1) is 16.9. The van der Waals surface area contributed by atoms with Gasteiger partial charge >= 0.3 is 0 Å². The third-order valence-corrected chi connectivity index (χ3v) is 8.43. The van der Waals surface area contributed by atoms with E-state index < -0.39 is 10.0 Å². The second-order valence-corrected chi connectivity index (χ2v) is 11.0. The third-order valence-electron chi connectivity index (χ3n) is 6.36. The maximum absolute atomic E-state index is 12.9. The van der Waals surface area contributed by atoms with Gasteiger partial charge in [-0.15, -0.1) is 0 Å². The Hall–Kier alpha value is -3.44. The molecule has 1 fully saturated rings. The molecule has 2 N–H and O–H groups in total. The molecule has 0 radical (unpaired) electrons. The van der Waals surface area contributed by atoms with Crippen LogP contribution in [0.25, 0.3) is 10.9 Å². The van der Waals surface area contributed by atoms with Crippen LogP contribution in [0.3, 0.4) is 0 Å². The average molecular weight is 513 g/mol. The number of nitrogens with one attached hydrogen (secondary N) is 2. The summed E-state index contributed by atoms with van der Waals surface area (Å²) in [7, 11) is -3.70. The predicted molar refractivity (Wildman–Crippen MR) is 139 cm³/mol. The molecule has 5 rings (SSSR count). The molecule has 0 saturated carbocycles. The van der Waals surface area contributed by atoms with Crippen molar-refractivity contribution in [3.8, 4) is 0 Å². The van der Waals surface area contributed by atoms with Crippen LogP contribution in [0.5, 0.6) is 0 Å². The summed E-state index contributed by atoms with van der Waals surface area (Å²) in [6, 6.07) is 16.7. The highest BCUT2D eigenvalue weighted by Crippen LogP contribution is 2.24. The molecule has 0 unspecified atom stereocenters. The topological polar surface area (TPSA) is 109 Å². The first-order valence-electron chi connectivity index (χ1n) is 11.4. The van der Waals surface area contributed by atoms with Gasteiger partial charge in [0.1, 0.15) is 12.4 Å². The van der Waals surface area contributed by atoms with Gasteiger partial charge < -0.3 is 14.8 Å². The van der Waals surface area contributed by atoms with Gasteiger partial charge in [-0.1, -0.05) is 18.2 Å². The second kappa shape index (κ2) is 9.67. The molecule has 1 aliphatic rings. The number of benzene rings is 2. The molecule has 1 saturated heterocycles. The van der Waals surface area contributed by atoms with Gasteiger partial charge in [-0.3, -0.25) is 9.52 Å². The van der Waals surface area contributed by atoms with Crippen LogP contribution in [0.15, 0.2) is 72.0 Å². The normalized spacial score (nSPS) is 15.7. The largest absolute Gasteiger partial charge is 0.371 e. The number of fused-ring (bicyclic) bond motifs is 1. The van der Waals surface area contributed by atoms with Crippen molar-refractivity contribution in [1.29, 1.82) is 0 Å². The minimum atomic E-state index is -3.70. The first-order valence-corrected chi connectivity index (χ1v) is 13.7. The Morgan fingerprint density at radius 1 is 1.11 bits per heavy atom. The third kappa shape index (κ3) is 5.01. The van der Waals surface area contributed by atoms with Crippen LogP contribution >= 0.6 is 11.5 Å². The van der Waals surface area contributed by atoms with Crippen LogP contribution in [-0.4, -0.2) is 47.4 Å². The van der Waals surface area contributed by atoms with Gasteiger partial charge in [0.05, 0.1) is 4.90 Å². The molecule has 2 aromatic carbocycles. The van der Waals surface area contributed by atoms with Crippen molar-refractivity contribution >= 4 is 49.2 Å². The highest BCUT2D eigenvalue weighted by atomic mass is 32.2. The van der Waals surface area contributed by atoms with Gasteiger partial charge in [0.2, 0.25) is 11.0 Å². The fourth-order valence-corrected chi connectivity index (χ4v) is 6.06. The number of hydrogen-bond acceptors (Lipinski definition) is 7. The smallest absolute Gasteiger partial charge is 0.263 e. The second-order valence-electron chi connectivity index (χ2n) is 8.57. The van der Waals surface area contributed by atoms with Gasteiger partial charge in [0, 0.05) is 49.5 Å². The molecule has 1 atom stereocenters. The van der Waals surface area contributed by atoms with Crippen molar-refractivity contribution in [1.82, 2.24) is 19.2 Å². The van der Waals surface area contributed by atoms with Crippen molar-refractivity contribution in [3.05, 3.63) is 67.1 Å². The van der Waals surface area contributed by atoms with Gasteiger partial charge in [0.25, 0.3) is 10.0 Å². The van der Waals surface area contributed by atoms with Crippen molar-refractivity contribution < 1.29 is 14.6 Å². The number of amides is 1. The van der Waals surface area contributed by atoms with E-state index in [2.05, 4.69) is 24.3 Å². The SMILES string of the molecule is C[C@@H](C(=O)NC1CCN(c2ccc(S(=O)(=O)Nc3ncns3)cc2)CC1)n1ccc2ccccc21.[HH]. The van der Waals surface area contributed by atoms with E-state index in [9.17, 15) is 13.2 Å². The lowest BCUT2D eigenvalue weighted by molar-refractivity contribution is -0.124. The Bertz CT molecular complexity index is 1420. The van der Waals surface area contributed by atoms with Crippen LogP contribution in [-0.2, 0) is 14.8 Å². The summed E-state index contributed by atoms with van der Waals surface area (Å²) in [4.78, 5) is 19.2. The molecule has 1 amide bonds. The van der Waals surface area contributed by atoms with Crippen LogP contribution in [0.4, 0.5) is 10.8 Å². The monoisotopic (exact) mass is 512 g/mol. The fraction of sp³-hybridized carbons (Fsp3) is 0.292. The minimum Gasteiger partial charge on any atom is -0.371 e. The number of carbonyl (C=O) groups excluding carboxylic acids is 1. The van der Waals surface area contributed by atoms with Gasteiger partial charge in [0.15, 0.2) is 0 Å². The Kier molecular flexibility index (Phi) is 6.44. The standard InChI is InChI=1S/C24H26N6O3S2.H2/c1-17(30-15-10-18-4-2-3-5-22(18)30)23(31)27-19-11-13-29(14-12-19)20-6-8-21(9-7-20)35(32,33)28-24-25-16-26-34-24;/h2-10,15-17,19H,11-14H2,1H3,(H,27,31)(H,25,26,28);1H/t17-;/m0./s1. The Morgan fingerprint density at radius 2 is 1.86 bits per heavy atom. The van der Waals surface area contributed by atoms with E-state index in [-0.39, 0.29) is 29.4 Å². The molecule has 9 nitrogen and oxygen atoms in total. The van der Waals surface area contributed by atoms with E-state index in [1.54, 1.807) is 12.1 Å². The lowest BCUT2D eigenvalue weighted by Crippen LogP contribution is -2.46. The van der Waals surface area contributed by atoms with Gasteiger partial charge in [-0.25, -0.2) is 13.4 Å². The molecule has 11 heteroatoms. The highest BCUT2D eigenvalue weighted by Gasteiger charge is 2.24. The maximum atomic E-state index is 12.9. The van der Waals surface area contributed by atoms with Crippen molar-refractivity contribution in [2.75, 3.05) is 22.7 Å². The van der Waals surface area contributed by atoms with E-state index in [1.807, 2.05) is 60.2 Å².